The molecule has 0 bridgehead atoms. The van der Waals surface area contributed by atoms with Crippen LogP contribution in [0.1, 0.15) is 30.9 Å². The van der Waals surface area contributed by atoms with Crippen molar-refractivity contribution in [2.75, 3.05) is 5.75 Å². The van der Waals surface area contributed by atoms with Gasteiger partial charge in [-0.3, -0.25) is 0 Å². The molecule has 2 rings (SSSR count). The van der Waals surface area contributed by atoms with Gasteiger partial charge in [-0.15, -0.1) is 13.2 Å². The molecule has 1 fully saturated rings. The average molecular weight is 324 g/mol. The number of hydrogen-bond acceptors (Lipinski definition) is 4. The van der Waals surface area contributed by atoms with E-state index < -0.39 is 33.3 Å². The summed E-state index contributed by atoms with van der Waals surface area (Å²) in [6, 6.07) is 5.06. The second-order valence-corrected chi connectivity index (χ2v) is 7.27. The van der Waals surface area contributed by atoms with Gasteiger partial charge in [-0.1, -0.05) is 24.6 Å². The maximum atomic E-state index is 12.4. The zero-order chi connectivity index (χ0) is 15.7. The highest BCUT2D eigenvalue weighted by atomic mass is 32.2. The fraction of sp³-hybridized carbons (Fsp3) is 0.538. The van der Waals surface area contributed by atoms with Crippen molar-refractivity contribution in [1.82, 2.24) is 0 Å². The number of sulfone groups is 1. The molecule has 0 saturated carbocycles. The lowest BCUT2D eigenvalue weighted by Crippen LogP contribution is -2.34. The van der Waals surface area contributed by atoms with Gasteiger partial charge in [0.25, 0.3) is 0 Å². The van der Waals surface area contributed by atoms with Crippen molar-refractivity contribution in [3.05, 3.63) is 29.8 Å². The van der Waals surface area contributed by atoms with Gasteiger partial charge < -0.3 is 9.84 Å². The molecule has 0 amide bonds. The van der Waals surface area contributed by atoms with Crippen LogP contribution < -0.4 is 4.74 Å². The largest absolute Gasteiger partial charge is 0.573 e. The molecule has 1 aliphatic rings. The number of hydrogen-bond donors (Lipinski definition) is 1. The van der Waals surface area contributed by atoms with Crippen LogP contribution in [0.15, 0.2) is 24.3 Å². The SMILES string of the molecule is O=S1(=O)CCCCC1C(O)c1ccccc1OC(F)(F)F. The molecule has 0 spiro atoms. The Morgan fingerprint density at radius 2 is 1.90 bits per heavy atom. The van der Waals surface area contributed by atoms with Crippen LogP contribution in [0.3, 0.4) is 0 Å². The number of aliphatic hydroxyl groups is 1. The standard InChI is InChI=1S/C13H15F3O4S/c14-13(15,16)20-10-6-2-1-5-9(10)12(17)11-7-3-4-8-21(11,18)19/h1-2,5-6,11-12,17H,3-4,7-8H2. The summed E-state index contributed by atoms with van der Waals surface area (Å²) in [5.74, 6) is -0.630. The van der Waals surface area contributed by atoms with Crippen molar-refractivity contribution in [2.24, 2.45) is 0 Å². The molecule has 0 aromatic heterocycles. The molecule has 2 atom stereocenters. The van der Waals surface area contributed by atoms with Crippen LogP contribution in [0.25, 0.3) is 0 Å². The third-order valence-corrected chi connectivity index (χ3v) is 5.72. The molecule has 8 heteroatoms. The van der Waals surface area contributed by atoms with Crippen LogP contribution in [0.2, 0.25) is 0 Å². The number of para-hydroxylation sites is 1. The third kappa shape index (κ3) is 3.88. The number of ether oxygens (including phenoxy) is 1. The zero-order valence-electron chi connectivity index (χ0n) is 11.0. The van der Waals surface area contributed by atoms with E-state index in [-0.39, 0.29) is 17.7 Å². The molecule has 1 heterocycles. The summed E-state index contributed by atoms with van der Waals surface area (Å²) in [4.78, 5) is 0. The molecule has 21 heavy (non-hydrogen) atoms. The Balaban J connectivity index is 2.33. The number of aliphatic hydroxyl groups excluding tert-OH is 1. The molecule has 1 aromatic rings. The Labute approximate surface area is 120 Å². The summed E-state index contributed by atoms with van der Waals surface area (Å²) in [6.07, 6.45) is -5.09. The van der Waals surface area contributed by atoms with Gasteiger partial charge in [0, 0.05) is 5.56 Å². The van der Waals surface area contributed by atoms with Crippen LogP contribution in [0.5, 0.6) is 5.75 Å². The Morgan fingerprint density at radius 3 is 2.52 bits per heavy atom. The van der Waals surface area contributed by atoms with Gasteiger partial charge in [-0.05, 0) is 18.9 Å². The van der Waals surface area contributed by atoms with E-state index in [4.69, 9.17) is 0 Å². The smallest absolute Gasteiger partial charge is 0.405 e. The van der Waals surface area contributed by atoms with Crippen molar-refractivity contribution in [2.45, 2.75) is 37.0 Å². The van der Waals surface area contributed by atoms with E-state index in [1.807, 2.05) is 0 Å². The number of benzene rings is 1. The van der Waals surface area contributed by atoms with Crippen LogP contribution in [-0.2, 0) is 9.84 Å². The molecular formula is C13H15F3O4S. The number of halogens is 3. The average Bonchev–Trinajstić information content (AvgIpc) is 2.36. The van der Waals surface area contributed by atoms with Crippen LogP contribution >= 0.6 is 0 Å². The second kappa shape index (κ2) is 5.84. The zero-order valence-corrected chi connectivity index (χ0v) is 11.8. The van der Waals surface area contributed by atoms with E-state index in [1.54, 1.807) is 0 Å². The maximum Gasteiger partial charge on any atom is 0.573 e. The predicted molar refractivity (Wildman–Crippen MR) is 69.5 cm³/mol. The predicted octanol–water partition coefficient (Wildman–Crippen LogP) is 2.59. The summed E-state index contributed by atoms with van der Waals surface area (Å²) in [5, 5.41) is 9.14. The first kappa shape index (κ1) is 16.1. The fourth-order valence-electron chi connectivity index (χ4n) is 2.48. The van der Waals surface area contributed by atoms with Gasteiger partial charge in [-0.25, -0.2) is 8.42 Å². The minimum absolute atomic E-state index is 0.0585. The van der Waals surface area contributed by atoms with Gasteiger partial charge >= 0.3 is 6.36 Å². The molecule has 0 aliphatic carbocycles. The Morgan fingerprint density at radius 1 is 1.24 bits per heavy atom. The Kier molecular flexibility index (Phi) is 4.48. The van der Waals surface area contributed by atoms with Gasteiger partial charge in [0.15, 0.2) is 9.84 Å². The number of alkyl halides is 3. The van der Waals surface area contributed by atoms with Crippen LogP contribution in [0, 0.1) is 0 Å². The quantitative estimate of drug-likeness (QED) is 0.928. The molecule has 1 N–H and O–H groups in total. The van der Waals surface area contributed by atoms with Crippen molar-refractivity contribution < 1.29 is 31.4 Å². The van der Waals surface area contributed by atoms with Crippen molar-refractivity contribution in [3.8, 4) is 5.75 Å². The second-order valence-electron chi connectivity index (χ2n) is 4.93. The summed E-state index contributed by atoms with van der Waals surface area (Å²) >= 11 is 0. The molecule has 2 unspecified atom stereocenters. The highest BCUT2D eigenvalue weighted by Gasteiger charge is 2.38. The molecule has 1 aliphatic heterocycles. The minimum atomic E-state index is -4.90. The van der Waals surface area contributed by atoms with Crippen molar-refractivity contribution >= 4 is 9.84 Å². The van der Waals surface area contributed by atoms with Crippen LogP contribution in [0.4, 0.5) is 13.2 Å². The summed E-state index contributed by atoms with van der Waals surface area (Å²) in [6.45, 7) is 0. The first-order chi connectivity index (χ1) is 9.71. The summed E-state index contributed by atoms with van der Waals surface area (Å²) in [5.41, 5.74) is -0.162. The Hall–Kier alpha value is -1.28. The first-order valence-electron chi connectivity index (χ1n) is 6.45. The molecule has 0 radical (unpaired) electrons. The lowest BCUT2D eigenvalue weighted by molar-refractivity contribution is -0.275. The van der Waals surface area contributed by atoms with Gasteiger partial charge in [0.2, 0.25) is 0 Å². The molecule has 4 nitrogen and oxygen atoms in total. The third-order valence-electron chi connectivity index (χ3n) is 3.44. The van der Waals surface area contributed by atoms with E-state index >= 15 is 0 Å². The normalized spacial score (nSPS) is 23.5. The Bertz CT molecular complexity index is 598. The highest BCUT2D eigenvalue weighted by molar-refractivity contribution is 7.92. The topological polar surface area (TPSA) is 63.6 Å². The van der Waals surface area contributed by atoms with Gasteiger partial charge in [0.05, 0.1) is 17.1 Å². The van der Waals surface area contributed by atoms with E-state index in [1.165, 1.54) is 18.2 Å². The van der Waals surface area contributed by atoms with Crippen LogP contribution in [-0.4, -0.2) is 30.9 Å². The van der Waals surface area contributed by atoms with Gasteiger partial charge in [-0.2, -0.15) is 0 Å². The lowest BCUT2D eigenvalue weighted by atomic mass is 10.0. The molecule has 1 saturated heterocycles. The van der Waals surface area contributed by atoms with Crippen molar-refractivity contribution in [1.29, 1.82) is 0 Å². The van der Waals surface area contributed by atoms with E-state index in [2.05, 4.69) is 4.74 Å². The summed E-state index contributed by atoms with van der Waals surface area (Å²) < 4.78 is 64.9. The van der Waals surface area contributed by atoms with E-state index in [9.17, 15) is 26.7 Å². The van der Waals surface area contributed by atoms with Crippen molar-refractivity contribution in [3.63, 3.8) is 0 Å². The number of rotatable bonds is 3. The lowest BCUT2D eigenvalue weighted by Gasteiger charge is -2.28. The molecule has 1 aromatic carbocycles. The summed E-state index contributed by atoms with van der Waals surface area (Å²) in [7, 11) is -3.52. The van der Waals surface area contributed by atoms with Gasteiger partial charge in [0.1, 0.15) is 5.75 Å². The molecular weight excluding hydrogens is 309 g/mol. The monoisotopic (exact) mass is 324 g/mol. The highest BCUT2D eigenvalue weighted by Crippen LogP contribution is 2.36. The van der Waals surface area contributed by atoms with E-state index in [0.717, 1.165) is 6.07 Å². The fourth-order valence-corrected chi connectivity index (χ4v) is 4.45. The first-order valence-corrected chi connectivity index (χ1v) is 8.16. The maximum absolute atomic E-state index is 12.4. The minimum Gasteiger partial charge on any atom is -0.405 e. The van der Waals surface area contributed by atoms with E-state index in [0.29, 0.717) is 12.8 Å². The molecule has 118 valence electrons.